The Morgan fingerprint density at radius 3 is 2.45 bits per heavy atom. The summed E-state index contributed by atoms with van der Waals surface area (Å²) in [5.74, 6) is -2.26. The topological polar surface area (TPSA) is 69.4 Å². The van der Waals surface area contributed by atoms with Gasteiger partial charge < -0.3 is 9.15 Å². The average Bonchev–Trinajstić information content (AvgIpc) is 2.74. The highest BCUT2D eigenvalue weighted by molar-refractivity contribution is 9.10. The first kappa shape index (κ1) is 20.8. The van der Waals surface area contributed by atoms with Crippen LogP contribution in [0.1, 0.15) is 16.1 Å². The molecule has 31 heavy (non-hydrogen) atoms. The highest BCUT2D eigenvalue weighted by atomic mass is 79.9. The molecule has 4 aromatic rings. The van der Waals surface area contributed by atoms with Crippen molar-refractivity contribution in [2.45, 2.75) is 6.18 Å². The number of rotatable bonds is 3. The largest absolute Gasteiger partial charge is 0.450 e. The molecule has 0 bridgehead atoms. The summed E-state index contributed by atoms with van der Waals surface area (Å²) in [5, 5.41) is -0.0768. The molecule has 0 unspecified atom stereocenters. The predicted octanol–water partition coefficient (Wildman–Crippen LogP) is 5.86. The van der Waals surface area contributed by atoms with Crippen LogP contribution in [0.2, 0.25) is 0 Å². The monoisotopic (exact) mass is 489 g/mol. The van der Waals surface area contributed by atoms with Crippen molar-refractivity contribution in [3.63, 3.8) is 0 Å². The van der Waals surface area contributed by atoms with E-state index in [4.69, 9.17) is 9.15 Å². The van der Waals surface area contributed by atoms with Crippen LogP contribution >= 0.6 is 15.9 Å². The van der Waals surface area contributed by atoms with Gasteiger partial charge in [0.2, 0.25) is 11.2 Å². The fourth-order valence-corrected chi connectivity index (χ4v) is 3.23. The maximum absolute atomic E-state index is 13.7. The number of hydrogen-bond acceptors (Lipinski definition) is 5. The summed E-state index contributed by atoms with van der Waals surface area (Å²) in [6.45, 7) is 0. The molecule has 2 aromatic carbocycles. The van der Waals surface area contributed by atoms with Gasteiger partial charge in [-0.05, 0) is 42.0 Å². The zero-order valence-electron chi connectivity index (χ0n) is 15.4. The van der Waals surface area contributed by atoms with Gasteiger partial charge in [0.15, 0.2) is 0 Å². The smallest absolute Gasteiger partial charge is 0.450 e. The second-order valence-corrected chi connectivity index (χ2v) is 7.34. The van der Waals surface area contributed by atoms with E-state index in [2.05, 4.69) is 20.9 Å². The summed E-state index contributed by atoms with van der Waals surface area (Å²) >= 11 is 3.21. The second-order valence-electron chi connectivity index (χ2n) is 6.43. The van der Waals surface area contributed by atoms with Gasteiger partial charge in [-0.25, -0.2) is 4.79 Å². The third-order valence-electron chi connectivity index (χ3n) is 4.36. The van der Waals surface area contributed by atoms with E-state index in [9.17, 15) is 22.8 Å². The van der Waals surface area contributed by atoms with Crippen molar-refractivity contribution in [3.8, 4) is 16.9 Å². The fraction of sp³-hybridized carbons (Fsp3) is 0.0455. The number of esters is 1. The number of alkyl halides is 3. The SMILES string of the molecule is O=C(Oc1ccc2c(=O)c(-c3ccc(Br)cc3)c(C(F)(F)F)oc2c1)c1cccnc1. The van der Waals surface area contributed by atoms with Crippen LogP contribution in [0.3, 0.4) is 0 Å². The molecule has 4 rings (SSSR count). The van der Waals surface area contributed by atoms with Gasteiger partial charge in [0, 0.05) is 22.9 Å². The predicted molar refractivity (Wildman–Crippen MR) is 110 cm³/mol. The Kier molecular flexibility index (Phi) is 5.36. The first-order valence-electron chi connectivity index (χ1n) is 8.80. The maximum Gasteiger partial charge on any atom is 0.450 e. The number of pyridine rings is 1. The van der Waals surface area contributed by atoms with E-state index in [-0.39, 0.29) is 27.8 Å². The van der Waals surface area contributed by atoms with Crippen molar-refractivity contribution >= 4 is 32.9 Å². The van der Waals surface area contributed by atoms with Crippen LogP contribution in [0.25, 0.3) is 22.1 Å². The Morgan fingerprint density at radius 2 is 1.81 bits per heavy atom. The fourth-order valence-electron chi connectivity index (χ4n) is 2.96. The zero-order chi connectivity index (χ0) is 22.2. The van der Waals surface area contributed by atoms with Crippen molar-refractivity contribution in [1.29, 1.82) is 0 Å². The summed E-state index contributed by atoms with van der Waals surface area (Å²) in [6, 6.07) is 12.5. The molecule has 5 nitrogen and oxygen atoms in total. The zero-order valence-corrected chi connectivity index (χ0v) is 17.0. The van der Waals surface area contributed by atoms with Crippen LogP contribution in [0.4, 0.5) is 13.2 Å². The lowest BCUT2D eigenvalue weighted by Gasteiger charge is -2.13. The Morgan fingerprint density at radius 1 is 1.06 bits per heavy atom. The quantitative estimate of drug-likeness (QED) is 0.266. The number of ether oxygens (including phenoxy) is 1. The van der Waals surface area contributed by atoms with Gasteiger partial charge in [0.1, 0.15) is 11.3 Å². The third-order valence-corrected chi connectivity index (χ3v) is 4.89. The van der Waals surface area contributed by atoms with E-state index < -0.39 is 28.9 Å². The minimum absolute atomic E-state index is 0.0678. The normalized spacial score (nSPS) is 11.5. The van der Waals surface area contributed by atoms with Gasteiger partial charge in [-0.2, -0.15) is 13.2 Å². The minimum atomic E-state index is -4.92. The summed E-state index contributed by atoms with van der Waals surface area (Å²) < 4.78 is 52.1. The number of nitrogens with zero attached hydrogens (tertiary/aromatic N) is 1. The number of fused-ring (bicyclic) bond motifs is 1. The Balaban J connectivity index is 1.84. The van der Waals surface area contributed by atoms with Crippen LogP contribution in [0.15, 0.2) is 80.7 Å². The molecule has 0 aliphatic rings. The number of aromatic nitrogens is 1. The standard InChI is InChI=1S/C22H11BrF3NO4/c23-14-5-3-12(4-6-14)18-19(28)16-8-7-15(10-17(16)31-20(18)22(24,25)26)30-21(29)13-2-1-9-27-11-13/h1-11H. The van der Waals surface area contributed by atoms with E-state index in [1.54, 1.807) is 0 Å². The molecule has 0 amide bonds. The van der Waals surface area contributed by atoms with Gasteiger partial charge in [-0.3, -0.25) is 9.78 Å². The number of carbonyl (C=O) groups excluding carboxylic acids is 1. The molecular weight excluding hydrogens is 479 g/mol. The van der Waals surface area contributed by atoms with Crippen LogP contribution in [0, 0.1) is 0 Å². The molecule has 9 heteroatoms. The van der Waals surface area contributed by atoms with Crippen molar-refractivity contribution in [1.82, 2.24) is 4.98 Å². The number of carbonyl (C=O) groups is 1. The molecule has 0 saturated carbocycles. The van der Waals surface area contributed by atoms with Crippen LogP contribution in [0.5, 0.6) is 5.75 Å². The van der Waals surface area contributed by atoms with Gasteiger partial charge in [0.25, 0.3) is 0 Å². The molecule has 0 radical (unpaired) electrons. The third kappa shape index (κ3) is 4.22. The first-order valence-corrected chi connectivity index (χ1v) is 9.59. The second kappa shape index (κ2) is 7.99. The Bertz CT molecular complexity index is 1330. The Hall–Kier alpha value is -3.46. The summed E-state index contributed by atoms with van der Waals surface area (Å²) in [7, 11) is 0. The molecule has 0 fully saturated rings. The minimum Gasteiger partial charge on any atom is -0.450 e. The van der Waals surface area contributed by atoms with Crippen LogP contribution < -0.4 is 10.2 Å². The molecule has 0 aliphatic carbocycles. The lowest BCUT2D eigenvalue weighted by atomic mass is 10.0. The van der Waals surface area contributed by atoms with E-state index in [1.807, 2.05) is 0 Å². The molecule has 0 spiro atoms. The molecule has 0 atom stereocenters. The molecule has 0 saturated heterocycles. The molecule has 2 aromatic heterocycles. The number of hydrogen-bond donors (Lipinski definition) is 0. The average molecular weight is 490 g/mol. The summed E-state index contributed by atoms with van der Waals surface area (Å²) in [6.07, 6.45) is -2.16. The molecule has 156 valence electrons. The molecular formula is C22H11BrF3NO4. The van der Waals surface area contributed by atoms with Crippen molar-refractivity contribution in [2.24, 2.45) is 0 Å². The molecule has 0 N–H and O–H groups in total. The maximum atomic E-state index is 13.7. The highest BCUT2D eigenvalue weighted by Gasteiger charge is 2.39. The van der Waals surface area contributed by atoms with Gasteiger partial charge in [-0.1, -0.05) is 28.1 Å². The van der Waals surface area contributed by atoms with Crippen LogP contribution in [-0.4, -0.2) is 11.0 Å². The van der Waals surface area contributed by atoms with Gasteiger partial charge >= 0.3 is 12.1 Å². The Labute approximate surface area is 181 Å². The molecule has 2 heterocycles. The lowest BCUT2D eigenvalue weighted by Crippen LogP contribution is -2.16. The van der Waals surface area contributed by atoms with E-state index in [1.165, 1.54) is 60.9 Å². The van der Waals surface area contributed by atoms with Crippen molar-refractivity contribution in [2.75, 3.05) is 0 Å². The van der Waals surface area contributed by atoms with E-state index in [0.29, 0.717) is 4.47 Å². The summed E-state index contributed by atoms with van der Waals surface area (Å²) in [5.41, 5.74) is -1.56. The number of benzene rings is 2. The van der Waals surface area contributed by atoms with Crippen LogP contribution in [-0.2, 0) is 6.18 Å². The lowest BCUT2D eigenvalue weighted by molar-refractivity contribution is -0.152. The summed E-state index contributed by atoms with van der Waals surface area (Å²) in [4.78, 5) is 28.9. The first-order chi connectivity index (χ1) is 14.7. The number of halogens is 4. The van der Waals surface area contributed by atoms with E-state index >= 15 is 0 Å². The van der Waals surface area contributed by atoms with Crippen molar-refractivity contribution in [3.05, 3.63) is 93.0 Å². The van der Waals surface area contributed by atoms with Crippen molar-refractivity contribution < 1.29 is 27.1 Å². The molecule has 0 aliphatic heterocycles. The van der Waals surface area contributed by atoms with E-state index in [0.717, 1.165) is 6.07 Å². The van der Waals surface area contributed by atoms with Gasteiger partial charge in [0.05, 0.1) is 16.5 Å². The van der Waals surface area contributed by atoms with Gasteiger partial charge in [-0.15, -0.1) is 0 Å². The highest BCUT2D eigenvalue weighted by Crippen LogP contribution is 2.38.